The van der Waals surface area contributed by atoms with Crippen LogP contribution in [0.2, 0.25) is 5.02 Å². The summed E-state index contributed by atoms with van der Waals surface area (Å²) in [6.45, 7) is 2.23. The third-order valence-electron chi connectivity index (χ3n) is 6.41. The average Bonchev–Trinajstić information content (AvgIpc) is 2.87. The first-order valence-corrected chi connectivity index (χ1v) is 12.7. The van der Waals surface area contributed by atoms with E-state index in [1.165, 1.54) is 36.8 Å². The van der Waals surface area contributed by atoms with Crippen LogP contribution in [0.5, 0.6) is 0 Å². The number of unbranched alkanes of at least 4 members (excludes halogenated alkanes) is 3. The van der Waals surface area contributed by atoms with Crippen molar-refractivity contribution >= 4 is 22.4 Å². The molecule has 2 nitrogen and oxygen atoms in total. The number of hydrogen-bond acceptors (Lipinski definition) is 2. The molecule has 0 aliphatic heterocycles. The van der Waals surface area contributed by atoms with Gasteiger partial charge in [-0.25, -0.2) is 14.4 Å². The van der Waals surface area contributed by atoms with Crippen molar-refractivity contribution in [1.29, 1.82) is 0 Å². The van der Waals surface area contributed by atoms with Crippen LogP contribution in [0.15, 0.2) is 67.0 Å². The minimum atomic E-state index is -0.115. The lowest BCUT2D eigenvalue weighted by molar-refractivity contribution is 0.620. The van der Waals surface area contributed by atoms with Crippen LogP contribution in [0.4, 0.5) is 4.39 Å². The Morgan fingerprint density at radius 1 is 0.706 bits per heavy atom. The molecule has 0 spiro atoms. The maximum Gasteiger partial charge on any atom is 0.134 e. The first-order valence-electron chi connectivity index (χ1n) is 12.4. The van der Waals surface area contributed by atoms with Crippen LogP contribution in [0.25, 0.3) is 10.8 Å². The molecule has 0 N–H and O–H groups in total. The van der Waals surface area contributed by atoms with Gasteiger partial charge in [0, 0.05) is 29.2 Å². The summed E-state index contributed by atoms with van der Waals surface area (Å²) in [6.07, 6.45) is 13.1. The summed E-state index contributed by atoms with van der Waals surface area (Å²) in [5.74, 6) is 0.747. The maximum absolute atomic E-state index is 15.1. The summed E-state index contributed by atoms with van der Waals surface area (Å²) in [4.78, 5) is 9.10. The van der Waals surface area contributed by atoms with E-state index in [0.29, 0.717) is 11.8 Å². The van der Waals surface area contributed by atoms with E-state index in [4.69, 9.17) is 11.6 Å². The summed E-state index contributed by atoms with van der Waals surface area (Å²) in [5, 5.41) is 2.34. The fourth-order valence-corrected chi connectivity index (χ4v) is 4.44. The van der Waals surface area contributed by atoms with Gasteiger partial charge in [0.2, 0.25) is 0 Å². The Labute approximate surface area is 207 Å². The van der Waals surface area contributed by atoms with E-state index in [1.54, 1.807) is 0 Å². The topological polar surface area (TPSA) is 25.8 Å². The number of fused-ring (bicyclic) bond motifs is 1. The Morgan fingerprint density at radius 2 is 1.44 bits per heavy atom. The summed E-state index contributed by atoms with van der Waals surface area (Å²) >= 11 is 5.95. The van der Waals surface area contributed by atoms with Gasteiger partial charge in [-0.15, -0.1) is 0 Å². The molecule has 0 atom stereocenters. The van der Waals surface area contributed by atoms with E-state index in [2.05, 4.69) is 23.0 Å². The van der Waals surface area contributed by atoms with Crippen LogP contribution in [-0.4, -0.2) is 9.97 Å². The first kappa shape index (κ1) is 24.3. The number of aryl methyl sites for hydroxylation is 5. The molecule has 1 heterocycles. The third-order valence-corrected chi connectivity index (χ3v) is 6.66. The number of benzene rings is 3. The van der Waals surface area contributed by atoms with Crippen molar-refractivity contribution in [3.05, 3.63) is 106 Å². The summed E-state index contributed by atoms with van der Waals surface area (Å²) in [6, 6.07) is 17.7. The molecule has 0 saturated heterocycles. The van der Waals surface area contributed by atoms with Gasteiger partial charge in [-0.2, -0.15) is 0 Å². The predicted molar refractivity (Wildman–Crippen MR) is 140 cm³/mol. The normalized spacial score (nSPS) is 11.3. The zero-order valence-electron chi connectivity index (χ0n) is 19.9. The summed E-state index contributed by atoms with van der Waals surface area (Å²) < 4.78 is 15.1. The van der Waals surface area contributed by atoms with Crippen LogP contribution >= 0.6 is 11.6 Å². The molecule has 0 aliphatic rings. The fraction of sp³-hybridized carbons (Fsp3) is 0.333. The molecule has 0 amide bonds. The zero-order valence-corrected chi connectivity index (χ0v) is 20.6. The SMILES string of the molecule is CCCCCCc1cnc(CCc2ccc3c(F)c(CCc4ccc(Cl)cc4)ccc3c2)nc1. The molecule has 4 aromatic rings. The molecule has 0 fully saturated rings. The van der Waals surface area contributed by atoms with Gasteiger partial charge in [0.05, 0.1) is 0 Å². The molecule has 34 heavy (non-hydrogen) atoms. The molecule has 0 saturated carbocycles. The van der Waals surface area contributed by atoms with E-state index in [0.717, 1.165) is 53.0 Å². The highest BCUT2D eigenvalue weighted by Crippen LogP contribution is 2.24. The minimum absolute atomic E-state index is 0.115. The lowest BCUT2D eigenvalue weighted by atomic mass is 9.98. The maximum atomic E-state index is 15.1. The molecule has 3 aromatic carbocycles. The molecule has 0 radical (unpaired) electrons. The van der Waals surface area contributed by atoms with Gasteiger partial charge in [0.15, 0.2) is 0 Å². The number of nitrogens with zero attached hydrogens (tertiary/aromatic N) is 2. The van der Waals surface area contributed by atoms with Crippen molar-refractivity contribution < 1.29 is 4.39 Å². The molecule has 0 unspecified atom stereocenters. The quantitative estimate of drug-likeness (QED) is 0.205. The van der Waals surface area contributed by atoms with Crippen LogP contribution in [0.1, 0.15) is 60.7 Å². The van der Waals surface area contributed by atoms with Crippen LogP contribution in [-0.2, 0) is 32.1 Å². The van der Waals surface area contributed by atoms with Gasteiger partial charge in [-0.05, 0) is 71.9 Å². The van der Waals surface area contributed by atoms with Gasteiger partial charge < -0.3 is 0 Å². The fourth-order valence-electron chi connectivity index (χ4n) is 4.32. The number of rotatable bonds is 11. The van der Waals surface area contributed by atoms with Gasteiger partial charge >= 0.3 is 0 Å². The smallest absolute Gasteiger partial charge is 0.134 e. The lowest BCUT2D eigenvalue weighted by Crippen LogP contribution is -2.00. The second kappa shape index (κ2) is 12.1. The molecule has 4 heteroatoms. The molecular weight excluding hydrogens is 443 g/mol. The third kappa shape index (κ3) is 6.64. The molecule has 176 valence electrons. The van der Waals surface area contributed by atoms with E-state index in [1.807, 2.05) is 60.9 Å². The number of halogens is 2. The van der Waals surface area contributed by atoms with E-state index in [-0.39, 0.29) is 5.82 Å². The summed E-state index contributed by atoms with van der Waals surface area (Å²) in [5.41, 5.74) is 4.30. The summed E-state index contributed by atoms with van der Waals surface area (Å²) in [7, 11) is 0. The largest absolute Gasteiger partial charge is 0.241 e. The zero-order chi connectivity index (χ0) is 23.8. The number of hydrogen-bond donors (Lipinski definition) is 0. The lowest BCUT2D eigenvalue weighted by Gasteiger charge is -2.09. The van der Waals surface area contributed by atoms with E-state index < -0.39 is 0 Å². The van der Waals surface area contributed by atoms with Gasteiger partial charge in [-0.1, -0.05) is 80.3 Å². The molecule has 4 rings (SSSR count). The first-order chi connectivity index (χ1) is 16.6. The Balaban J connectivity index is 1.35. The minimum Gasteiger partial charge on any atom is -0.241 e. The monoisotopic (exact) mass is 474 g/mol. The predicted octanol–water partition coefficient (Wildman–Crippen LogP) is 8.12. The highest BCUT2D eigenvalue weighted by atomic mass is 35.5. The number of aromatic nitrogens is 2. The van der Waals surface area contributed by atoms with Crippen LogP contribution < -0.4 is 0 Å². The average molecular weight is 475 g/mol. The Bertz CT molecular complexity index is 1200. The van der Waals surface area contributed by atoms with Crippen molar-refractivity contribution in [1.82, 2.24) is 9.97 Å². The van der Waals surface area contributed by atoms with Crippen molar-refractivity contribution in [2.24, 2.45) is 0 Å². The molecule has 1 aromatic heterocycles. The second-order valence-electron chi connectivity index (χ2n) is 9.04. The van der Waals surface area contributed by atoms with Crippen LogP contribution in [0, 0.1) is 5.82 Å². The van der Waals surface area contributed by atoms with Gasteiger partial charge in [0.25, 0.3) is 0 Å². The molecule has 0 bridgehead atoms. The Hall–Kier alpha value is -2.78. The van der Waals surface area contributed by atoms with E-state index >= 15 is 4.39 Å². The molecule has 0 aliphatic carbocycles. The van der Waals surface area contributed by atoms with Crippen molar-refractivity contribution in [2.75, 3.05) is 0 Å². The van der Waals surface area contributed by atoms with Gasteiger partial charge in [0.1, 0.15) is 11.6 Å². The van der Waals surface area contributed by atoms with E-state index in [9.17, 15) is 0 Å². The standard InChI is InChI=1S/C30H32ClFN2/c1-2-3-4-5-6-24-20-33-29(34-21-24)18-11-23-10-17-28-26(19-23)14-13-25(30(28)32)12-7-22-8-15-27(31)16-9-22/h8-10,13-17,19-21H,2-7,11-12,18H2,1H3. The van der Waals surface area contributed by atoms with Crippen LogP contribution in [0.3, 0.4) is 0 Å². The highest BCUT2D eigenvalue weighted by molar-refractivity contribution is 6.30. The van der Waals surface area contributed by atoms with Crippen molar-refractivity contribution in [3.63, 3.8) is 0 Å². The molecular formula is C30H32ClFN2. The second-order valence-corrected chi connectivity index (χ2v) is 9.48. The Kier molecular flexibility index (Phi) is 8.65. The highest BCUT2D eigenvalue weighted by Gasteiger charge is 2.09. The van der Waals surface area contributed by atoms with Gasteiger partial charge in [-0.3, -0.25) is 0 Å². The van der Waals surface area contributed by atoms with Crippen molar-refractivity contribution in [2.45, 2.75) is 64.7 Å². The Morgan fingerprint density at radius 3 is 2.21 bits per heavy atom. The van der Waals surface area contributed by atoms with Crippen molar-refractivity contribution in [3.8, 4) is 0 Å².